The quantitative estimate of drug-likeness (QED) is 0.335. The molecule has 0 aliphatic carbocycles. The number of nitrogens with one attached hydrogen (secondary N) is 2. The summed E-state index contributed by atoms with van der Waals surface area (Å²) in [6.45, 7) is 8.37. The van der Waals surface area contributed by atoms with Crippen molar-refractivity contribution in [2.24, 2.45) is 5.92 Å². The van der Waals surface area contributed by atoms with Gasteiger partial charge in [-0.25, -0.2) is 18.2 Å². The lowest BCUT2D eigenvalue weighted by atomic mass is 9.94. The topological polar surface area (TPSA) is 126 Å². The third kappa shape index (κ3) is 6.98. The minimum atomic E-state index is -3.25. The Morgan fingerprint density at radius 2 is 1.84 bits per heavy atom. The number of benzene rings is 1. The van der Waals surface area contributed by atoms with Gasteiger partial charge in [0.2, 0.25) is 5.95 Å². The van der Waals surface area contributed by atoms with E-state index in [4.69, 9.17) is 9.72 Å². The maximum absolute atomic E-state index is 12.2. The van der Waals surface area contributed by atoms with Crippen LogP contribution in [0.25, 0.3) is 0 Å². The summed E-state index contributed by atoms with van der Waals surface area (Å²) in [5, 5.41) is 7.02. The molecule has 0 radical (unpaired) electrons. The van der Waals surface area contributed by atoms with E-state index in [1.54, 1.807) is 38.1 Å². The number of carbonyl (C=O) groups is 1. The molecule has 3 aromatic rings. The first-order valence-electron chi connectivity index (χ1n) is 12.7. The zero-order valence-corrected chi connectivity index (χ0v) is 23.8. The summed E-state index contributed by atoms with van der Waals surface area (Å²) >= 11 is 1.21. The number of carbonyl (C=O) groups excluding carboxylic acids is 1. The molecule has 204 valence electrons. The van der Waals surface area contributed by atoms with E-state index in [9.17, 15) is 13.2 Å². The van der Waals surface area contributed by atoms with Crippen molar-refractivity contribution in [3.8, 4) is 0 Å². The minimum absolute atomic E-state index is 0.286. The van der Waals surface area contributed by atoms with Gasteiger partial charge in [-0.05, 0) is 50.3 Å². The van der Waals surface area contributed by atoms with Crippen LogP contribution in [0, 0.1) is 12.8 Å². The fraction of sp³-hybridized carbons (Fsp3) is 0.462. The highest BCUT2D eigenvalue weighted by atomic mass is 32.2. The first kappa shape index (κ1) is 27.8. The van der Waals surface area contributed by atoms with Crippen LogP contribution in [-0.4, -0.2) is 55.3 Å². The standard InChI is InChI=1S/C26H34N6O4S2/c1-5-18-11-13-32(14-12-18)22-15-21(27-16-19-7-9-20(10-8-19)38(4,34)35)29-25(30-22)31-26-28-17(3)23(37-26)24(33)36-6-2/h7-10,15,18H,5-6,11-14,16H2,1-4H3,(H2,27,28,29,30,31). The lowest BCUT2D eigenvalue weighted by Gasteiger charge is -2.32. The Balaban J connectivity index is 1.56. The van der Waals surface area contributed by atoms with Crippen molar-refractivity contribution in [3.63, 3.8) is 0 Å². The Kier molecular flexibility index (Phi) is 8.83. The number of aromatic nitrogens is 3. The number of anilines is 4. The highest BCUT2D eigenvalue weighted by molar-refractivity contribution is 7.90. The van der Waals surface area contributed by atoms with E-state index in [1.807, 2.05) is 6.07 Å². The third-order valence-corrected chi connectivity index (χ3v) is 8.71. The molecule has 0 atom stereocenters. The van der Waals surface area contributed by atoms with E-state index in [1.165, 1.54) is 24.0 Å². The highest BCUT2D eigenvalue weighted by Gasteiger charge is 2.21. The van der Waals surface area contributed by atoms with Gasteiger partial charge in [0.25, 0.3) is 0 Å². The summed E-state index contributed by atoms with van der Waals surface area (Å²) in [7, 11) is -3.25. The molecule has 0 spiro atoms. The largest absolute Gasteiger partial charge is 0.462 e. The van der Waals surface area contributed by atoms with Crippen LogP contribution in [-0.2, 0) is 21.1 Å². The Bertz CT molecular complexity index is 1370. The third-order valence-electron chi connectivity index (χ3n) is 6.53. The van der Waals surface area contributed by atoms with Crippen molar-refractivity contribution in [2.45, 2.75) is 51.5 Å². The first-order chi connectivity index (χ1) is 18.2. The van der Waals surface area contributed by atoms with Gasteiger partial charge in [0.05, 0.1) is 17.2 Å². The number of thiazole rings is 1. The minimum Gasteiger partial charge on any atom is -0.462 e. The van der Waals surface area contributed by atoms with Gasteiger partial charge in [0, 0.05) is 32.0 Å². The SMILES string of the molecule is CCOC(=O)c1sc(Nc2nc(NCc3ccc(S(C)(=O)=O)cc3)cc(N3CCC(CC)CC3)n2)nc1C. The number of esters is 1. The monoisotopic (exact) mass is 558 g/mol. The molecule has 12 heteroatoms. The molecule has 1 aromatic carbocycles. The molecule has 0 amide bonds. The smallest absolute Gasteiger partial charge is 0.350 e. The van der Waals surface area contributed by atoms with Crippen molar-refractivity contribution in [1.82, 2.24) is 15.0 Å². The van der Waals surface area contributed by atoms with E-state index in [-0.39, 0.29) is 4.90 Å². The average Bonchev–Trinajstić information content (AvgIpc) is 3.27. The van der Waals surface area contributed by atoms with Crippen molar-refractivity contribution in [1.29, 1.82) is 0 Å². The molecule has 1 fully saturated rings. The van der Waals surface area contributed by atoms with Crippen LogP contribution >= 0.6 is 11.3 Å². The van der Waals surface area contributed by atoms with E-state index < -0.39 is 15.8 Å². The predicted molar refractivity (Wildman–Crippen MR) is 150 cm³/mol. The van der Waals surface area contributed by atoms with Gasteiger partial charge < -0.3 is 15.0 Å². The van der Waals surface area contributed by atoms with E-state index in [2.05, 4.69) is 32.4 Å². The van der Waals surface area contributed by atoms with Gasteiger partial charge in [0.15, 0.2) is 15.0 Å². The summed E-state index contributed by atoms with van der Waals surface area (Å²) < 4.78 is 28.6. The van der Waals surface area contributed by atoms with Crippen LogP contribution in [0.15, 0.2) is 35.2 Å². The Labute approximate surface area is 227 Å². The number of hydrogen-bond acceptors (Lipinski definition) is 11. The number of piperidine rings is 1. The van der Waals surface area contributed by atoms with E-state index in [0.717, 1.165) is 43.2 Å². The van der Waals surface area contributed by atoms with Gasteiger partial charge in [-0.3, -0.25) is 5.32 Å². The molecular weight excluding hydrogens is 524 g/mol. The lowest BCUT2D eigenvalue weighted by Crippen LogP contribution is -2.34. The second kappa shape index (κ2) is 12.1. The molecule has 0 bridgehead atoms. The summed E-state index contributed by atoms with van der Waals surface area (Å²) in [5.74, 6) is 2.15. The maximum atomic E-state index is 12.2. The van der Waals surface area contributed by atoms with E-state index in [0.29, 0.717) is 40.6 Å². The van der Waals surface area contributed by atoms with Crippen molar-refractivity contribution in [2.75, 3.05) is 41.5 Å². The number of aryl methyl sites for hydroxylation is 1. The van der Waals surface area contributed by atoms with Gasteiger partial charge in [-0.2, -0.15) is 9.97 Å². The normalized spacial score (nSPS) is 14.4. The predicted octanol–water partition coefficient (Wildman–Crippen LogP) is 4.80. The molecule has 0 unspecified atom stereocenters. The van der Waals surface area contributed by atoms with Crippen molar-refractivity contribution >= 4 is 49.9 Å². The van der Waals surface area contributed by atoms with Gasteiger partial charge in [0.1, 0.15) is 16.5 Å². The number of nitrogens with zero attached hydrogens (tertiary/aromatic N) is 4. The molecular formula is C26H34N6O4S2. The summed E-state index contributed by atoms with van der Waals surface area (Å²) in [4.78, 5) is 29.1. The van der Waals surface area contributed by atoms with Crippen LogP contribution in [0.1, 0.15) is 54.0 Å². The maximum Gasteiger partial charge on any atom is 0.350 e. The molecule has 3 heterocycles. The molecule has 2 aromatic heterocycles. The summed E-state index contributed by atoms with van der Waals surface area (Å²) in [6, 6.07) is 8.72. The van der Waals surface area contributed by atoms with Crippen LogP contribution < -0.4 is 15.5 Å². The fourth-order valence-corrected chi connectivity index (χ4v) is 5.78. The van der Waals surface area contributed by atoms with Crippen LogP contribution in [0.4, 0.5) is 22.7 Å². The summed E-state index contributed by atoms with van der Waals surface area (Å²) in [6.07, 6.45) is 4.61. The van der Waals surface area contributed by atoms with Crippen molar-refractivity contribution < 1.29 is 17.9 Å². The van der Waals surface area contributed by atoms with E-state index >= 15 is 0 Å². The molecule has 2 N–H and O–H groups in total. The summed E-state index contributed by atoms with van der Waals surface area (Å²) in [5.41, 5.74) is 1.51. The van der Waals surface area contributed by atoms with Gasteiger partial charge in [-0.1, -0.05) is 36.8 Å². The Morgan fingerprint density at radius 3 is 2.47 bits per heavy atom. The number of hydrogen-bond donors (Lipinski definition) is 2. The Morgan fingerprint density at radius 1 is 1.13 bits per heavy atom. The molecule has 1 aliphatic heterocycles. The number of rotatable bonds is 10. The van der Waals surface area contributed by atoms with Gasteiger partial charge >= 0.3 is 5.97 Å². The molecule has 38 heavy (non-hydrogen) atoms. The average molecular weight is 559 g/mol. The highest BCUT2D eigenvalue weighted by Crippen LogP contribution is 2.29. The lowest BCUT2D eigenvalue weighted by molar-refractivity contribution is 0.0531. The second-order valence-electron chi connectivity index (χ2n) is 9.32. The van der Waals surface area contributed by atoms with Crippen molar-refractivity contribution in [3.05, 3.63) is 46.5 Å². The van der Waals surface area contributed by atoms with Crippen LogP contribution in [0.3, 0.4) is 0 Å². The first-order valence-corrected chi connectivity index (χ1v) is 15.5. The Hall–Kier alpha value is -3.25. The molecule has 0 saturated carbocycles. The van der Waals surface area contributed by atoms with Crippen LogP contribution in [0.5, 0.6) is 0 Å². The molecule has 1 aliphatic rings. The zero-order chi connectivity index (χ0) is 27.3. The van der Waals surface area contributed by atoms with Crippen LogP contribution in [0.2, 0.25) is 0 Å². The van der Waals surface area contributed by atoms with Gasteiger partial charge in [-0.15, -0.1) is 0 Å². The molecule has 4 rings (SSSR count). The molecule has 10 nitrogen and oxygen atoms in total. The molecule has 1 saturated heterocycles. The second-order valence-corrected chi connectivity index (χ2v) is 12.3. The number of ether oxygens (including phenoxy) is 1. The number of sulfone groups is 1. The fourth-order valence-electron chi connectivity index (χ4n) is 4.29. The zero-order valence-electron chi connectivity index (χ0n) is 22.2.